The molecular formula is C23H20F2N6O4. The highest BCUT2D eigenvalue weighted by atomic mass is 19.3. The molecule has 0 aliphatic carbocycles. The molecule has 2 amide bonds. The monoisotopic (exact) mass is 482 g/mol. The number of anilines is 1. The standard InChI is InChI=1S/C23H20F2N6O4/c1-11(33)30-17-7-13(4-5-27-17)19-18(15-3-2-12(10-32)8-28-15)20-16(31-19)6-14(9-29-20)21(34)23(24,25)22(26)35/h2-9,21,31-32,34H,10H2,1H3,(H2,26,35)(H,27,30,33). The van der Waals surface area contributed by atoms with E-state index in [-0.39, 0.29) is 29.4 Å². The zero-order valence-electron chi connectivity index (χ0n) is 18.3. The lowest BCUT2D eigenvalue weighted by atomic mass is 10.0. The van der Waals surface area contributed by atoms with E-state index in [0.29, 0.717) is 33.6 Å². The number of pyridine rings is 3. The third-order valence-corrected chi connectivity index (χ3v) is 5.26. The summed E-state index contributed by atoms with van der Waals surface area (Å²) in [5.41, 5.74) is 7.65. The SMILES string of the molecule is CC(=O)Nc1cc(-c2[nH]c3cc(C(O)C(F)(F)C(N)=O)cnc3c2-c2ccc(CO)cn2)ccn1. The first kappa shape index (κ1) is 23.9. The Balaban J connectivity index is 1.91. The Morgan fingerprint density at radius 1 is 1.17 bits per heavy atom. The summed E-state index contributed by atoms with van der Waals surface area (Å²) in [5, 5.41) is 22.0. The van der Waals surface area contributed by atoms with Crippen LogP contribution in [0.4, 0.5) is 14.6 Å². The van der Waals surface area contributed by atoms with E-state index in [0.717, 1.165) is 6.20 Å². The van der Waals surface area contributed by atoms with Crippen LogP contribution in [0.1, 0.15) is 24.2 Å². The third-order valence-electron chi connectivity index (χ3n) is 5.26. The molecule has 35 heavy (non-hydrogen) atoms. The number of carbonyl (C=O) groups excluding carboxylic acids is 2. The molecule has 1 unspecified atom stereocenters. The highest BCUT2D eigenvalue weighted by Gasteiger charge is 2.46. The van der Waals surface area contributed by atoms with Crippen LogP contribution in [0.3, 0.4) is 0 Å². The minimum atomic E-state index is -4.20. The molecule has 0 spiro atoms. The van der Waals surface area contributed by atoms with Crippen LogP contribution in [0.2, 0.25) is 0 Å². The maximum atomic E-state index is 14.0. The number of aliphatic hydroxyl groups excluding tert-OH is 2. The molecule has 0 saturated heterocycles. The fraction of sp³-hybridized carbons (Fsp3) is 0.174. The number of fused-ring (bicyclic) bond motifs is 1. The van der Waals surface area contributed by atoms with Gasteiger partial charge in [0.25, 0.3) is 5.91 Å². The van der Waals surface area contributed by atoms with Gasteiger partial charge >= 0.3 is 5.92 Å². The van der Waals surface area contributed by atoms with E-state index in [1.54, 1.807) is 24.3 Å². The molecule has 4 rings (SSSR count). The lowest BCUT2D eigenvalue weighted by Gasteiger charge is -2.19. The van der Waals surface area contributed by atoms with E-state index in [2.05, 4.69) is 25.3 Å². The molecule has 0 fully saturated rings. The van der Waals surface area contributed by atoms with E-state index >= 15 is 0 Å². The van der Waals surface area contributed by atoms with Gasteiger partial charge in [0.1, 0.15) is 5.82 Å². The number of H-pyrrole nitrogens is 1. The Hall–Kier alpha value is -4.29. The van der Waals surface area contributed by atoms with Gasteiger partial charge in [-0.3, -0.25) is 19.6 Å². The summed E-state index contributed by atoms with van der Waals surface area (Å²) in [4.78, 5) is 38.4. The highest BCUT2D eigenvalue weighted by Crippen LogP contribution is 2.39. The summed E-state index contributed by atoms with van der Waals surface area (Å²) in [6.07, 6.45) is 1.50. The highest BCUT2D eigenvalue weighted by molar-refractivity contribution is 6.01. The number of halogens is 2. The number of rotatable bonds is 7. The van der Waals surface area contributed by atoms with Crippen molar-refractivity contribution in [2.45, 2.75) is 25.6 Å². The summed E-state index contributed by atoms with van der Waals surface area (Å²) in [5.74, 6) is -6.20. The molecule has 0 aromatic carbocycles. The normalized spacial score (nSPS) is 12.5. The van der Waals surface area contributed by atoms with Crippen molar-refractivity contribution in [3.8, 4) is 22.5 Å². The van der Waals surface area contributed by atoms with Crippen LogP contribution in [-0.4, -0.2) is 47.9 Å². The summed E-state index contributed by atoms with van der Waals surface area (Å²) in [7, 11) is 0. The summed E-state index contributed by atoms with van der Waals surface area (Å²) in [6.45, 7) is 1.14. The van der Waals surface area contributed by atoms with Crippen molar-refractivity contribution in [1.29, 1.82) is 0 Å². The minimum Gasteiger partial charge on any atom is -0.392 e. The number of hydrogen-bond acceptors (Lipinski definition) is 7. The van der Waals surface area contributed by atoms with Crippen molar-refractivity contribution < 1.29 is 28.6 Å². The van der Waals surface area contributed by atoms with Gasteiger partial charge in [0.15, 0.2) is 6.10 Å². The van der Waals surface area contributed by atoms with E-state index in [1.807, 2.05) is 0 Å². The number of carbonyl (C=O) groups is 2. The average Bonchev–Trinajstić information content (AvgIpc) is 3.22. The fourth-order valence-electron chi connectivity index (χ4n) is 3.55. The van der Waals surface area contributed by atoms with Gasteiger partial charge in [0.05, 0.1) is 34.6 Å². The number of amides is 2. The summed E-state index contributed by atoms with van der Waals surface area (Å²) < 4.78 is 28.1. The number of alkyl halides is 2. The van der Waals surface area contributed by atoms with Crippen LogP contribution in [0.15, 0.2) is 48.9 Å². The molecule has 12 heteroatoms. The minimum absolute atomic E-state index is 0.202. The van der Waals surface area contributed by atoms with Gasteiger partial charge in [-0.05, 0) is 29.8 Å². The molecule has 1 atom stereocenters. The lowest BCUT2D eigenvalue weighted by molar-refractivity contribution is -0.160. The maximum Gasteiger partial charge on any atom is 0.353 e. The molecule has 180 valence electrons. The molecule has 0 bridgehead atoms. The van der Waals surface area contributed by atoms with Gasteiger partial charge in [-0.2, -0.15) is 8.78 Å². The Bertz CT molecular complexity index is 1420. The van der Waals surface area contributed by atoms with Gasteiger partial charge in [0.2, 0.25) is 5.91 Å². The third kappa shape index (κ3) is 4.56. The van der Waals surface area contributed by atoms with Gasteiger partial charge in [-0.1, -0.05) is 6.07 Å². The second-order valence-corrected chi connectivity index (χ2v) is 7.75. The zero-order chi connectivity index (χ0) is 25.3. The summed E-state index contributed by atoms with van der Waals surface area (Å²) in [6, 6.07) is 7.85. The van der Waals surface area contributed by atoms with Gasteiger partial charge < -0.3 is 26.2 Å². The number of nitrogens with one attached hydrogen (secondary N) is 2. The molecule has 6 N–H and O–H groups in total. The quantitative estimate of drug-likeness (QED) is 0.269. The molecule has 4 heterocycles. The van der Waals surface area contributed by atoms with Crippen molar-refractivity contribution in [2.75, 3.05) is 5.32 Å². The van der Waals surface area contributed by atoms with Crippen LogP contribution in [0, 0.1) is 0 Å². The van der Waals surface area contributed by atoms with Crippen LogP contribution in [0.5, 0.6) is 0 Å². The van der Waals surface area contributed by atoms with E-state index < -0.39 is 17.9 Å². The Kier molecular flexibility index (Phi) is 6.24. The molecule has 4 aromatic rings. The molecule has 0 aliphatic heterocycles. The van der Waals surface area contributed by atoms with Crippen molar-refractivity contribution in [1.82, 2.24) is 19.9 Å². The molecular weight excluding hydrogens is 462 g/mol. The second-order valence-electron chi connectivity index (χ2n) is 7.75. The number of nitrogens with two attached hydrogens (primary N) is 1. The van der Waals surface area contributed by atoms with Crippen molar-refractivity contribution >= 4 is 28.7 Å². The molecule has 0 radical (unpaired) electrons. The van der Waals surface area contributed by atoms with E-state index in [9.17, 15) is 28.6 Å². The zero-order valence-corrected chi connectivity index (χ0v) is 18.3. The number of primary amides is 1. The van der Waals surface area contributed by atoms with Gasteiger partial charge in [0, 0.05) is 36.6 Å². The maximum absolute atomic E-state index is 14.0. The Morgan fingerprint density at radius 3 is 2.57 bits per heavy atom. The first-order valence-corrected chi connectivity index (χ1v) is 10.3. The molecule has 0 aliphatic rings. The van der Waals surface area contributed by atoms with Crippen LogP contribution < -0.4 is 11.1 Å². The smallest absolute Gasteiger partial charge is 0.353 e. The van der Waals surface area contributed by atoms with Gasteiger partial charge in [-0.15, -0.1) is 0 Å². The second kappa shape index (κ2) is 9.16. The molecule has 10 nitrogen and oxygen atoms in total. The number of aromatic nitrogens is 4. The van der Waals surface area contributed by atoms with E-state index in [4.69, 9.17) is 5.73 Å². The summed E-state index contributed by atoms with van der Waals surface area (Å²) >= 11 is 0. The fourth-order valence-corrected chi connectivity index (χ4v) is 3.55. The van der Waals surface area contributed by atoms with Crippen LogP contribution >= 0.6 is 0 Å². The Labute approximate surface area is 196 Å². The lowest BCUT2D eigenvalue weighted by Crippen LogP contribution is -2.41. The van der Waals surface area contributed by atoms with Crippen molar-refractivity contribution in [3.63, 3.8) is 0 Å². The number of nitrogens with zero attached hydrogens (tertiary/aromatic N) is 3. The number of aliphatic hydroxyl groups is 2. The van der Waals surface area contributed by atoms with Crippen LogP contribution in [0.25, 0.3) is 33.5 Å². The largest absolute Gasteiger partial charge is 0.392 e. The van der Waals surface area contributed by atoms with Gasteiger partial charge in [-0.25, -0.2) is 4.98 Å². The van der Waals surface area contributed by atoms with Crippen molar-refractivity contribution in [2.24, 2.45) is 5.73 Å². The number of aromatic amines is 1. The van der Waals surface area contributed by atoms with Crippen molar-refractivity contribution in [3.05, 3.63) is 60.0 Å². The first-order valence-electron chi connectivity index (χ1n) is 10.3. The molecule has 4 aromatic heterocycles. The topological polar surface area (TPSA) is 167 Å². The predicted molar refractivity (Wildman–Crippen MR) is 122 cm³/mol. The molecule has 0 saturated carbocycles. The Morgan fingerprint density at radius 2 is 1.94 bits per heavy atom. The van der Waals surface area contributed by atoms with E-state index in [1.165, 1.54) is 25.4 Å². The number of hydrogen-bond donors (Lipinski definition) is 5. The first-order chi connectivity index (χ1) is 16.6. The average molecular weight is 482 g/mol. The van der Waals surface area contributed by atoms with Crippen LogP contribution in [-0.2, 0) is 16.2 Å². The predicted octanol–water partition coefficient (Wildman–Crippen LogP) is 2.29.